The van der Waals surface area contributed by atoms with Crippen molar-refractivity contribution in [2.75, 3.05) is 0 Å². The topological polar surface area (TPSA) is 24.9 Å². The highest BCUT2D eigenvalue weighted by Crippen LogP contribution is 2.29. The van der Waals surface area contributed by atoms with Crippen LogP contribution in [0.2, 0.25) is 0 Å². The highest BCUT2D eigenvalue weighted by molar-refractivity contribution is 5.31. The standard InChI is InChI=1S/C26H35FN2/c1-5-26(4,27)16-8-9-21-12-15-25(28-18-21)20(3)29-19(2)23-14-13-22-10-6-7-11-24(22)17-23/h6-7,10-12,15,18,20,23,29H,2,5,8-9,13-14,16-17H2,1,3-4H3. The lowest BCUT2D eigenvalue weighted by Crippen LogP contribution is -2.27. The van der Waals surface area contributed by atoms with Crippen LogP contribution in [0.25, 0.3) is 0 Å². The van der Waals surface area contributed by atoms with Gasteiger partial charge in [0.05, 0.1) is 11.7 Å². The molecule has 1 aliphatic carbocycles. The lowest BCUT2D eigenvalue weighted by atomic mass is 9.82. The molecule has 1 heterocycles. The minimum atomic E-state index is -1.05. The minimum Gasteiger partial charge on any atom is -0.380 e. The van der Waals surface area contributed by atoms with E-state index in [1.165, 1.54) is 16.7 Å². The summed E-state index contributed by atoms with van der Waals surface area (Å²) in [6.07, 6.45) is 8.18. The average Bonchev–Trinajstić information content (AvgIpc) is 2.73. The van der Waals surface area contributed by atoms with Gasteiger partial charge < -0.3 is 5.32 Å². The Morgan fingerprint density at radius 3 is 2.72 bits per heavy atom. The van der Waals surface area contributed by atoms with Gasteiger partial charge in [-0.3, -0.25) is 4.98 Å². The molecule has 0 bridgehead atoms. The van der Waals surface area contributed by atoms with E-state index >= 15 is 0 Å². The molecular formula is C26H35FN2. The Kier molecular flexibility index (Phi) is 7.10. The summed E-state index contributed by atoms with van der Waals surface area (Å²) in [5.41, 5.74) is 5.19. The third-order valence-electron chi connectivity index (χ3n) is 6.43. The SMILES string of the molecule is C=C(NC(C)c1ccc(CCCC(C)(F)CC)cn1)C1CCc2ccccc2C1. The first-order valence-corrected chi connectivity index (χ1v) is 11.0. The molecule has 29 heavy (non-hydrogen) atoms. The Morgan fingerprint density at radius 1 is 1.28 bits per heavy atom. The zero-order valence-electron chi connectivity index (χ0n) is 18.2. The van der Waals surface area contributed by atoms with Crippen molar-refractivity contribution in [2.24, 2.45) is 5.92 Å². The highest BCUT2D eigenvalue weighted by Gasteiger charge is 2.22. The number of hydrogen-bond donors (Lipinski definition) is 1. The van der Waals surface area contributed by atoms with E-state index in [4.69, 9.17) is 0 Å². The quantitative estimate of drug-likeness (QED) is 0.524. The van der Waals surface area contributed by atoms with Gasteiger partial charge in [-0.25, -0.2) is 4.39 Å². The maximum Gasteiger partial charge on any atom is 0.108 e. The molecule has 0 saturated carbocycles. The van der Waals surface area contributed by atoms with Crippen molar-refractivity contribution >= 4 is 0 Å². The minimum absolute atomic E-state index is 0.128. The summed E-state index contributed by atoms with van der Waals surface area (Å²) in [6, 6.07) is 13.1. The van der Waals surface area contributed by atoms with E-state index in [9.17, 15) is 4.39 Å². The van der Waals surface area contributed by atoms with Crippen LogP contribution in [0.3, 0.4) is 0 Å². The summed E-state index contributed by atoms with van der Waals surface area (Å²) in [4.78, 5) is 4.65. The molecule has 3 atom stereocenters. The van der Waals surface area contributed by atoms with Crippen LogP contribution in [0.15, 0.2) is 54.9 Å². The van der Waals surface area contributed by atoms with Gasteiger partial charge >= 0.3 is 0 Å². The monoisotopic (exact) mass is 394 g/mol. The number of benzene rings is 1. The van der Waals surface area contributed by atoms with Gasteiger partial charge in [0.25, 0.3) is 0 Å². The van der Waals surface area contributed by atoms with Gasteiger partial charge in [0.1, 0.15) is 5.67 Å². The fourth-order valence-corrected chi connectivity index (χ4v) is 4.14. The van der Waals surface area contributed by atoms with Gasteiger partial charge in [-0.1, -0.05) is 43.8 Å². The first-order chi connectivity index (χ1) is 13.9. The van der Waals surface area contributed by atoms with Crippen LogP contribution in [0.1, 0.15) is 74.9 Å². The van der Waals surface area contributed by atoms with Gasteiger partial charge in [-0.15, -0.1) is 0 Å². The van der Waals surface area contributed by atoms with E-state index in [-0.39, 0.29) is 6.04 Å². The number of aromatic nitrogens is 1. The van der Waals surface area contributed by atoms with Crippen molar-refractivity contribution in [2.45, 2.75) is 77.4 Å². The third-order valence-corrected chi connectivity index (χ3v) is 6.43. The summed E-state index contributed by atoms with van der Waals surface area (Å²) in [6.45, 7) is 10.1. The number of halogens is 1. The van der Waals surface area contributed by atoms with Gasteiger partial charge in [0.15, 0.2) is 0 Å². The summed E-state index contributed by atoms with van der Waals surface area (Å²) in [5, 5.41) is 3.58. The molecule has 1 N–H and O–H groups in total. The van der Waals surface area contributed by atoms with E-state index < -0.39 is 5.67 Å². The molecule has 2 nitrogen and oxygen atoms in total. The number of pyridine rings is 1. The van der Waals surface area contributed by atoms with Crippen LogP contribution < -0.4 is 5.32 Å². The normalized spacial score (nSPS) is 19.1. The first-order valence-electron chi connectivity index (χ1n) is 11.0. The molecule has 156 valence electrons. The fourth-order valence-electron chi connectivity index (χ4n) is 4.14. The predicted molar refractivity (Wildman–Crippen MR) is 120 cm³/mol. The zero-order valence-corrected chi connectivity index (χ0v) is 18.2. The molecule has 0 aliphatic heterocycles. The molecule has 2 aromatic rings. The summed E-state index contributed by atoms with van der Waals surface area (Å²) in [5.74, 6) is 0.472. The van der Waals surface area contributed by atoms with Crippen LogP contribution in [0.4, 0.5) is 4.39 Å². The molecular weight excluding hydrogens is 359 g/mol. The summed E-state index contributed by atoms with van der Waals surface area (Å²) >= 11 is 0. The van der Waals surface area contributed by atoms with Crippen LogP contribution in [0.5, 0.6) is 0 Å². The van der Waals surface area contributed by atoms with Gasteiger partial charge in [-0.2, -0.15) is 0 Å². The smallest absolute Gasteiger partial charge is 0.108 e. The number of hydrogen-bond acceptors (Lipinski definition) is 2. The number of rotatable bonds is 9. The average molecular weight is 395 g/mol. The summed E-state index contributed by atoms with van der Waals surface area (Å²) in [7, 11) is 0. The van der Waals surface area contributed by atoms with E-state index in [2.05, 4.69) is 60.2 Å². The Hall–Kier alpha value is -2.16. The maximum absolute atomic E-state index is 14.0. The second kappa shape index (κ2) is 9.56. The molecule has 0 saturated heterocycles. The molecule has 3 heteroatoms. The van der Waals surface area contributed by atoms with E-state index in [1.54, 1.807) is 6.92 Å². The molecule has 0 fully saturated rings. The number of aryl methyl sites for hydroxylation is 2. The van der Waals surface area contributed by atoms with Crippen LogP contribution in [-0.4, -0.2) is 10.7 Å². The molecule has 3 unspecified atom stereocenters. The van der Waals surface area contributed by atoms with Crippen molar-refractivity contribution < 1.29 is 4.39 Å². The number of alkyl halides is 1. The third kappa shape index (κ3) is 5.91. The van der Waals surface area contributed by atoms with Crippen molar-refractivity contribution in [1.29, 1.82) is 0 Å². The predicted octanol–water partition coefficient (Wildman–Crippen LogP) is 6.51. The molecule has 1 aromatic heterocycles. The van der Waals surface area contributed by atoms with E-state index in [0.29, 0.717) is 18.8 Å². The van der Waals surface area contributed by atoms with E-state index in [0.717, 1.165) is 43.5 Å². The second-order valence-electron chi connectivity index (χ2n) is 8.81. The van der Waals surface area contributed by atoms with Crippen LogP contribution in [0, 0.1) is 5.92 Å². The molecule has 0 radical (unpaired) electrons. The Balaban J connectivity index is 1.50. The number of nitrogens with one attached hydrogen (secondary N) is 1. The Bertz CT molecular complexity index is 810. The first kappa shape index (κ1) is 21.5. The highest BCUT2D eigenvalue weighted by atomic mass is 19.1. The molecule has 1 aliphatic rings. The molecule has 0 spiro atoms. The molecule has 3 rings (SSSR count). The second-order valence-corrected chi connectivity index (χ2v) is 8.81. The Labute approximate surface area is 175 Å². The van der Waals surface area contributed by atoms with Crippen LogP contribution >= 0.6 is 0 Å². The van der Waals surface area contributed by atoms with Crippen LogP contribution in [-0.2, 0) is 19.3 Å². The summed E-state index contributed by atoms with van der Waals surface area (Å²) < 4.78 is 14.0. The lowest BCUT2D eigenvalue weighted by molar-refractivity contribution is 0.165. The largest absolute Gasteiger partial charge is 0.380 e. The van der Waals surface area contributed by atoms with Crippen molar-refractivity contribution in [1.82, 2.24) is 10.3 Å². The number of allylic oxidation sites excluding steroid dienone is 1. The van der Waals surface area contributed by atoms with Gasteiger partial charge in [-0.05, 0) is 81.5 Å². The molecule has 0 amide bonds. The van der Waals surface area contributed by atoms with Crippen molar-refractivity contribution in [3.05, 3.63) is 77.3 Å². The van der Waals surface area contributed by atoms with Crippen molar-refractivity contribution in [3.63, 3.8) is 0 Å². The van der Waals surface area contributed by atoms with Gasteiger partial charge in [0.2, 0.25) is 0 Å². The van der Waals surface area contributed by atoms with Crippen molar-refractivity contribution in [3.8, 4) is 0 Å². The molecule has 1 aromatic carbocycles. The number of fused-ring (bicyclic) bond motifs is 1. The Morgan fingerprint density at radius 2 is 2.03 bits per heavy atom. The zero-order chi connectivity index (χ0) is 20.9. The lowest BCUT2D eigenvalue weighted by Gasteiger charge is -2.28. The fraction of sp³-hybridized carbons (Fsp3) is 0.500. The van der Waals surface area contributed by atoms with Gasteiger partial charge in [0, 0.05) is 17.8 Å². The maximum atomic E-state index is 14.0. The number of nitrogens with zero attached hydrogens (tertiary/aromatic N) is 1. The van der Waals surface area contributed by atoms with E-state index in [1.807, 2.05) is 13.1 Å².